The molecule has 1 N–H and O–H groups in total. The van der Waals surface area contributed by atoms with Gasteiger partial charge in [-0.15, -0.1) is 0 Å². The number of ether oxygens (including phenoxy) is 2. The van der Waals surface area contributed by atoms with Crippen molar-refractivity contribution in [2.75, 3.05) is 20.8 Å². The van der Waals surface area contributed by atoms with E-state index in [9.17, 15) is 4.79 Å². The Balaban J connectivity index is 2.48. The van der Waals surface area contributed by atoms with Gasteiger partial charge in [0, 0.05) is 19.7 Å². The minimum absolute atomic E-state index is 0.306. The van der Waals surface area contributed by atoms with Crippen LogP contribution in [0.2, 0.25) is 0 Å². The number of esters is 1. The van der Waals surface area contributed by atoms with E-state index in [0.717, 1.165) is 12.1 Å². The topological polar surface area (TPSA) is 47.6 Å². The maximum Gasteiger partial charge on any atom is 0.337 e. The quantitative estimate of drug-likeness (QED) is 0.763. The second-order valence-corrected chi connectivity index (χ2v) is 3.93. The molecular weight excluding hydrogens is 218 g/mol. The first-order valence-electron chi connectivity index (χ1n) is 5.57. The monoisotopic (exact) mass is 237 g/mol. The summed E-state index contributed by atoms with van der Waals surface area (Å²) >= 11 is 0. The fraction of sp³-hybridized carbons (Fsp3) is 0.462. The molecule has 0 radical (unpaired) electrons. The summed E-state index contributed by atoms with van der Waals surface area (Å²) in [6.45, 7) is 3.50. The van der Waals surface area contributed by atoms with Gasteiger partial charge in [0.15, 0.2) is 0 Å². The summed E-state index contributed by atoms with van der Waals surface area (Å²) in [5, 5.41) is 3.32. The number of carbonyl (C=O) groups excluding carboxylic acids is 1. The van der Waals surface area contributed by atoms with Crippen molar-refractivity contribution in [3.63, 3.8) is 0 Å². The van der Waals surface area contributed by atoms with Gasteiger partial charge in [-0.05, 0) is 24.6 Å². The Bertz CT molecular complexity index is 348. The highest BCUT2D eigenvalue weighted by Gasteiger charge is 2.05. The number of rotatable bonds is 6. The zero-order valence-corrected chi connectivity index (χ0v) is 10.5. The molecule has 0 saturated carbocycles. The second kappa shape index (κ2) is 7.04. The molecule has 4 nitrogen and oxygen atoms in total. The number of benzene rings is 1. The van der Waals surface area contributed by atoms with E-state index < -0.39 is 0 Å². The first kappa shape index (κ1) is 13.7. The number of hydrogen-bond acceptors (Lipinski definition) is 4. The Morgan fingerprint density at radius 1 is 1.29 bits per heavy atom. The van der Waals surface area contributed by atoms with Crippen molar-refractivity contribution < 1.29 is 14.3 Å². The van der Waals surface area contributed by atoms with Gasteiger partial charge < -0.3 is 14.8 Å². The summed E-state index contributed by atoms with van der Waals surface area (Å²) in [6.07, 6.45) is 0. The van der Waals surface area contributed by atoms with Crippen LogP contribution in [0.1, 0.15) is 22.8 Å². The molecule has 94 valence electrons. The smallest absolute Gasteiger partial charge is 0.337 e. The van der Waals surface area contributed by atoms with Crippen molar-refractivity contribution in [2.24, 2.45) is 0 Å². The van der Waals surface area contributed by atoms with Crippen LogP contribution in [0.3, 0.4) is 0 Å². The van der Waals surface area contributed by atoms with Crippen LogP contribution in [-0.2, 0) is 16.0 Å². The Morgan fingerprint density at radius 3 is 2.47 bits per heavy atom. The van der Waals surface area contributed by atoms with E-state index in [-0.39, 0.29) is 5.97 Å². The molecule has 0 spiro atoms. The molecule has 0 aliphatic carbocycles. The zero-order chi connectivity index (χ0) is 12.7. The average Bonchev–Trinajstić information content (AvgIpc) is 2.36. The number of hydrogen-bond donors (Lipinski definition) is 1. The normalized spacial score (nSPS) is 12.2. The SMILES string of the molecule is COC[C@H](C)NCc1ccc(C(=O)OC)cc1. The number of nitrogens with one attached hydrogen (secondary N) is 1. The molecule has 1 atom stereocenters. The fourth-order valence-corrected chi connectivity index (χ4v) is 1.48. The highest BCUT2D eigenvalue weighted by molar-refractivity contribution is 5.89. The summed E-state index contributed by atoms with van der Waals surface area (Å²) in [4.78, 5) is 11.2. The van der Waals surface area contributed by atoms with Gasteiger partial charge in [-0.3, -0.25) is 0 Å². The van der Waals surface area contributed by atoms with Crippen molar-refractivity contribution in [3.05, 3.63) is 35.4 Å². The number of methoxy groups -OCH3 is 2. The fourth-order valence-electron chi connectivity index (χ4n) is 1.48. The highest BCUT2D eigenvalue weighted by atomic mass is 16.5. The third-order valence-electron chi connectivity index (χ3n) is 2.45. The lowest BCUT2D eigenvalue weighted by molar-refractivity contribution is 0.0600. The molecule has 1 aromatic rings. The largest absolute Gasteiger partial charge is 0.465 e. The highest BCUT2D eigenvalue weighted by Crippen LogP contribution is 2.05. The van der Waals surface area contributed by atoms with Gasteiger partial charge >= 0.3 is 5.97 Å². The molecule has 0 bridgehead atoms. The van der Waals surface area contributed by atoms with Crippen molar-refractivity contribution in [2.45, 2.75) is 19.5 Å². The van der Waals surface area contributed by atoms with Gasteiger partial charge in [0.05, 0.1) is 19.3 Å². The van der Waals surface area contributed by atoms with E-state index in [0.29, 0.717) is 18.2 Å². The minimum Gasteiger partial charge on any atom is -0.465 e. The molecule has 17 heavy (non-hydrogen) atoms. The molecular formula is C13H19NO3. The summed E-state index contributed by atoms with van der Waals surface area (Å²) in [5.74, 6) is -0.308. The predicted molar refractivity (Wildman–Crippen MR) is 66.0 cm³/mol. The Hall–Kier alpha value is -1.39. The predicted octanol–water partition coefficient (Wildman–Crippen LogP) is 1.60. The lowest BCUT2D eigenvalue weighted by Gasteiger charge is -2.12. The molecule has 0 saturated heterocycles. The van der Waals surface area contributed by atoms with E-state index in [4.69, 9.17) is 4.74 Å². The van der Waals surface area contributed by atoms with Gasteiger partial charge in [-0.25, -0.2) is 4.79 Å². The molecule has 0 fully saturated rings. The van der Waals surface area contributed by atoms with E-state index in [1.807, 2.05) is 12.1 Å². The molecule has 0 unspecified atom stereocenters. The minimum atomic E-state index is -0.308. The van der Waals surface area contributed by atoms with Crippen LogP contribution in [0.15, 0.2) is 24.3 Å². The molecule has 0 aliphatic rings. The Morgan fingerprint density at radius 2 is 1.94 bits per heavy atom. The molecule has 0 heterocycles. The lowest BCUT2D eigenvalue weighted by atomic mass is 10.1. The maximum atomic E-state index is 11.2. The maximum absolute atomic E-state index is 11.2. The van der Waals surface area contributed by atoms with Gasteiger partial charge in [0.25, 0.3) is 0 Å². The summed E-state index contributed by atoms with van der Waals surface area (Å²) in [6, 6.07) is 7.67. The molecule has 0 aromatic heterocycles. The number of carbonyl (C=O) groups is 1. The van der Waals surface area contributed by atoms with Gasteiger partial charge in [-0.2, -0.15) is 0 Å². The molecule has 1 rings (SSSR count). The van der Waals surface area contributed by atoms with Crippen LogP contribution >= 0.6 is 0 Å². The van der Waals surface area contributed by atoms with E-state index in [2.05, 4.69) is 17.0 Å². The van der Waals surface area contributed by atoms with E-state index in [1.54, 1.807) is 19.2 Å². The third kappa shape index (κ3) is 4.54. The first-order valence-corrected chi connectivity index (χ1v) is 5.57. The standard InChI is InChI=1S/C13H19NO3/c1-10(9-16-2)14-8-11-4-6-12(7-5-11)13(15)17-3/h4-7,10,14H,8-9H2,1-3H3/t10-/m0/s1. The Kier molecular flexibility index (Phi) is 5.66. The van der Waals surface area contributed by atoms with Crippen LogP contribution in [0.25, 0.3) is 0 Å². The van der Waals surface area contributed by atoms with Crippen LogP contribution in [0.4, 0.5) is 0 Å². The van der Waals surface area contributed by atoms with Crippen LogP contribution in [-0.4, -0.2) is 32.8 Å². The zero-order valence-electron chi connectivity index (χ0n) is 10.5. The van der Waals surface area contributed by atoms with Gasteiger partial charge in [0.2, 0.25) is 0 Å². The van der Waals surface area contributed by atoms with Gasteiger partial charge in [-0.1, -0.05) is 12.1 Å². The first-order chi connectivity index (χ1) is 8.17. The van der Waals surface area contributed by atoms with Crippen LogP contribution in [0, 0.1) is 0 Å². The van der Waals surface area contributed by atoms with Crippen molar-refractivity contribution >= 4 is 5.97 Å². The lowest BCUT2D eigenvalue weighted by Crippen LogP contribution is -2.29. The van der Waals surface area contributed by atoms with E-state index >= 15 is 0 Å². The summed E-state index contributed by atoms with van der Waals surface area (Å²) < 4.78 is 9.67. The van der Waals surface area contributed by atoms with Crippen LogP contribution in [0.5, 0.6) is 0 Å². The Labute approximate surface area is 102 Å². The van der Waals surface area contributed by atoms with Crippen LogP contribution < -0.4 is 5.32 Å². The summed E-state index contributed by atoms with van der Waals surface area (Å²) in [5.41, 5.74) is 1.70. The van der Waals surface area contributed by atoms with Gasteiger partial charge in [0.1, 0.15) is 0 Å². The van der Waals surface area contributed by atoms with Crippen molar-refractivity contribution in [3.8, 4) is 0 Å². The van der Waals surface area contributed by atoms with E-state index in [1.165, 1.54) is 7.11 Å². The third-order valence-corrected chi connectivity index (χ3v) is 2.45. The molecule has 4 heteroatoms. The summed E-state index contributed by atoms with van der Waals surface area (Å²) in [7, 11) is 3.06. The van der Waals surface area contributed by atoms with Crippen molar-refractivity contribution in [1.82, 2.24) is 5.32 Å². The van der Waals surface area contributed by atoms with Crippen molar-refractivity contribution in [1.29, 1.82) is 0 Å². The molecule has 0 amide bonds. The molecule has 0 aliphatic heterocycles. The molecule has 1 aromatic carbocycles. The average molecular weight is 237 g/mol. The second-order valence-electron chi connectivity index (χ2n) is 3.93.